The molecule has 1 N–H and O–H groups in total. The highest BCUT2D eigenvalue weighted by Crippen LogP contribution is 2.29. The zero-order chi connectivity index (χ0) is 16.6. The van der Waals surface area contributed by atoms with Crippen LogP contribution in [0.1, 0.15) is 11.1 Å². The van der Waals surface area contributed by atoms with Crippen molar-refractivity contribution < 1.29 is 27.5 Å². The summed E-state index contributed by atoms with van der Waals surface area (Å²) in [4.78, 5) is 22.4. The van der Waals surface area contributed by atoms with Crippen molar-refractivity contribution in [3.8, 4) is 12.3 Å². The minimum atomic E-state index is -4.46. The van der Waals surface area contributed by atoms with Crippen LogP contribution in [-0.2, 0) is 20.5 Å². The summed E-state index contributed by atoms with van der Waals surface area (Å²) in [5, 5.41) is 2.28. The summed E-state index contributed by atoms with van der Waals surface area (Å²) >= 11 is 0. The molecule has 0 fully saturated rings. The van der Waals surface area contributed by atoms with E-state index in [-0.39, 0.29) is 12.1 Å². The SMILES string of the molecule is C#CCNC(=O)COC(=O)/C=C/c1cccc(C(F)(F)F)c1. The van der Waals surface area contributed by atoms with Gasteiger partial charge < -0.3 is 10.1 Å². The lowest BCUT2D eigenvalue weighted by molar-refractivity contribution is -0.143. The van der Waals surface area contributed by atoms with Crippen LogP contribution in [0.5, 0.6) is 0 Å². The van der Waals surface area contributed by atoms with Crippen LogP contribution >= 0.6 is 0 Å². The molecule has 0 radical (unpaired) electrons. The van der Waals surface area contributed by atoms with Gasteiger partial charge in [-0.25, -0.2) is 4.79 Å². The molecule has 7 heteroatoms. The topological polar surface area (TPSA) is 55.4 Å². The first-order valence-electron chi connectivity index (χ1n) is 6.05. The Balaban J connectivity index is 2.56. The van der Waals surface area contributed by atoms with E-state index in [1.54, 1.807) is 0 Å². The van der Waals surface area contributed by atoms with E-state index in [0.717, 1.165) is 24.3 Å². The van der Waals surface area contributed by atoms with E-state index in [9.17, 15) is 22.8 Å². The molecule has 0 spiro atoms. The molecular formula is C15H12F3NO3. The van der Waals surface area contributed by atoms with Gasteiger partial charge in [-0.15, -0.1) is 6.42 Å². The first-order valence-corrected chi connectivity index (χ1v) is 6.05. The van der Waals surface area contributed by atoms with Gasteiger partial charge in [0.05, 0.1) is 12.1 Å². The zero-order valence-electron chi connectivity index (χ0n) is 11.3. The van der Waals surface area contributed by atoms with Crippen molar-refractivity contribution in [2.45, 2.75) is 6.18 Å². The van der Waals surface area contributed by atoms with Crippen molar-refractivity contribution in [3.63, 3.8) is 0 Å². The van der Waals surface area contributed by atoms with Crippen LogP contribution < -0.4 is 5.32 Å². The summed E-state index contributed by atoms with van der Waals surface area (Å²) in [5.41, 5.74) is -0.639. The molecule has 0 bridgehead atoms. The van der Waals surface area contributed by atoms with E-state index in [2.05, 4.69) is 16.0 Å². The molecular weight excluding hydrogens is 299 g/mol. The number of esters is 1. The van der Waals surface area contributed by atoms with Crippen molar-refractivity contribution in [2.24, 2.45) is 0 Å². The number of hydrogen-bond donors (Lipinski definition) is 1. The quantitative estimate of drug-likeness (QED) is 0.514. The Labute approximate surface area is 125 Å². The Morgan fingerprint density at radius 1 is 1.36 bits per heavy atom. The molecule has 1 amide bonds. The molecule has 22 heavy (non-hydrogen) atoms. The van der Waals surface area contributed by atoms with Gasteiger partial charge in [-0.05, 0) is 23.8 Å². The molecule has 0 aliphatic heterocycles. The summed E-state index contributed by atoms with van der Waals surface area (Å²) in [6, 6.07) is 4.44. The van der Waals surface area contributed by atoms with Crippen molar-refractivity contribution in [1.82, 2.24) is 5.32 Å². The van der Waals surface area contributed by atoms with Crippen molar-refractivity contribution in [3.05, 3.63) is 41.5 Å². The Morgan fingerprint density at radius 3 is 2.73 bits per heavy atom. The number of halogens is 3. The van der Waals surface area contributed by atoms with Gasteiger partial charge in [-0.3, -0.25) is 4.79 Å². The molecule has 0 atom stereocenters. The van der Waals surface area contributed by atoms with E-state index >= 15 is 0 Å². The second-order valence-corrected chi connectivity index (χ2v) is 4.05. The number of benzene rings is 1. The maximum absolute atomic E-state index is 12.5. The third-order valence-electron chi connectivity index (χ3n) is 2.36. The maximum atomic E-state index is 12.5. The van der Waals surface area contributed by atoms with Gasteiger partial charge in [0.15, 0.2) is 6.61 Å². The Hall–Kier alpha value is -2.75. The summed E-state index contributed by atoms with van der Waals surface area (Å²) in [6.07, 6.45) is 2.56. The van der Waals surface area contributed by atoms with E-state index in [1.807, 2.05) is 0 Å². The standard InChI is InChI=1S/C15H12F3NO3/c1-2-8-19-13(20)10-22-14(21)7-6-11-4-3-5-12(9-11)15(16,17)18/h1,3-7,9H,8,10H2,(H,19,20)/b7-6+. The van der Waals surface area contributed by atoms with Gasteiger partial charge in [0, 0.05) is 6.08 Å². The smallest absolute Gasteiger partial charge is 0.416 e. The van der Waals surface area contributed by atoms with E-state index in [4.69, 9.17) is 6.42 Å². The fourth-order valence-electron chi connectivity index (χ4n) is 1.37. The predicted octanol–water partition coefficient (Wildman–Crippen LogP) is 2.01. The van der Waals surface area contributed by atoms with E-state index in [1.165, 1.54) is 12.1 Å². The third-order valence-corrected chi connectivity index (χ3v) is 2.36. The van der Waals surface area contributed by atoms with Crippen LogP contribution in [0.4, 0.5) is 13.2 Å². The van der Waals surface area contributed by atoms with Gasteiger partial charge in [0.1, 0.15) is 0 Å². The summed E-state index contributed by atoms with van der Waals surface area (Å²) in [7, 11) is 0. The van der Waals surface area contributed by atoms with Crippen LogP contribution in [0, 0.1) is 12.3 Å². The van der Waals surface area contributed by atoms with Gasteiger partial charge >= 0.3 is 12.1 Å². The van der Waals surface area contributed by atoms with Crippen LogP contribution in [0.15, 0.2) is 30.3 Å². The largest absolute Gasteiger partial charge is 0.452 e. The molecule has 0 heterocycles. The first-order chi connectivity index (χ1) is 10.3. The zero-order valence-corrected chi connectivity index (χ0v) is 11.3. The molecule has 116 valence electrons. The second kappa shape index (κ2) is 7.88. The summed E-state index contributed by atoms with van der Waals surface area (Å²) < 4.78 is 42.1. The molecule has 0 aliphatic carbocycles. The first kappa shape index (κ1) is 17.3. The fraction of sp³-hybridized carbons (Fsp3) is 0.200. The lowest BCUT2D eigenvalue weighted by Gasteiger charge is -2.06. The number of alkyl halides is 3. The lowest BCUT2D eigenvalue weighted by Crippen LogP contribution is -2.28. The van der Waals surface area contributed by atoms with Gasteiger partial charge in [-0.1, -0.05) is 18.1 Å². The monoisotopic (exact) mass is 311 g/mol. The van der Waals surface area contributed by atoms with Crippen LogP contribution in [0.3, 0.4) is 0 Å². The van der Waals surface area contributed by atoms with Crippen LogP contribution in [0.2, 0.25) is 0 Å². The average molecular weight is 311 g/mol. The number of carbonyl (C=O) groups is 2. The minimum Gasteiger partial charge on any atom is -0.452 e. The number of terminal acetylenes is 1. The van der Waals surface area contributed by atoms with Crippen molar-refractivity contribution >= 4 is 18.0 Å². The fourth-order valence-corrected chi connectivity index (χ4v) is 1.37. The van der Waals surface area contributed by atoms with Crippen molar-refractivity contribution in [2.75, 3.05) is 13.2 Å². The number of hydrogen-bond acceptors (Lipinski definition) is 3. The van der Waals surface area contributed by atoms with E-state index in [0.29, 0.717) is 0 Å². The average Bonchev–Trinajstić information content (AvgIpc) is 2.48. The Morgan fingerprint density at radius 2 is 2.09 bits per heavy atom. The van der Waals surface area contributed by atoms with Crippen LogP contribution in [-0.4, -0.2) is 25.0 Å². The van der Waals surface area contributed by atoms with Gasteiger partial charge in [0.2, 0.25) is 0 Å². The third kappa shape index (κ3) is 6.13. The molecule has 0 unspecified atom stereocenters. The minimum absolute atomic E-state index is 0.0104. The molecule has 0 aliphatic rings. The number of carbonyl (C=O) groups excluding carboxylic acids is 2. The molecule has 0 saturated carbocycles. The number of nitrogens with one attached hydrogen (secondary N) is 1. The van der Waals surface area contributed by atoms with Crippen LogP contribution in [0.25, 0.3) is 6.08 Å². The Kier molecular flexibility index (Phi) is 6.20. The highest BCUT2D eigenvalue weighted by molar-refractivity contribution is 5.89. The summed E-state index contributed by atoms with van der Waals surface area (Å²) in [6.45, 7) is -0.510. The molecule has 4 nitrogen and oxygen atoms in total. The predicted molar refractivity (Wildman–Crippen MR) is 73.3 cm³/mol. The molecule has 1 rings (SSSR count). The number of ether oxygens (including phenoxy) is 1. The second-order valence-electron chi connectivity index (χ2n) is 4.05. The molecule has 1 aromatic rings. The van der Waals surface area contributed by atoms with E-state index < -0.39 is 30.2 Å². The number of rotatable bonds is 5. The number of amides is 1. The summed E-state index contributed by atoms with van der Waals surface area (Å²) in [5.74, 6) is 0.748. The maximum Gasteiger partial charge on any atom is 0.416 e. The molecule has 0 aromatic heterocycles. The highest BCUT2D eigenvalue weighted by Gasteiger charge is 2.30. The van der Waals surface area contributed by atoms with Crippen molar-refractivity contribution in [1.29, 1.82) is 0 Å². The molecule has 0 saturated heterocycles. The van der Waals surface area contributed by atoms with Gasteiger partial charge in [-0.2, -0.15) is 13.2 Å². The molecule has 1 aromatic carbocycles. The lowest BCUT2D eigenvalue weighted by atomic mass is 10.1. The normalized spacial score (nSPS) is 11.0. The highest BCUT2D eigenvalue weighted by atomic mass is 19.4. The van der Waals surface area contributed by atoms with Gasteiger partial charge in [0.25, 0.3) is 5.91 Å². The Bertz CT molecular complexity index is 615.